The Morgan fingerprint density at radius 3 is 2.62 bits per heavy atom. The van der Waals surface area contributed by atoms with Crippen molar-refractivity contribution in [2.45, 2.75) is 96.1 Å². The second kappa shape index (κ2) is 14.6. The number of hydrogen-bond acceptors (Lipinski definition) is 3. The summed E-state index contributed by atoms with van der Waals surface area (Å²) in [6.07, 6.45) is 8.32. The largest absolute Gasteiger partial charge is 0.357 e. The molecule has 3 rings (SSSR count). The van der Waals surface area contributed by atoms with Crippen molar-refractivity contribution in [3.63, 3.8) is 0 Å². The Hall–Kier alpha value is -0.670. The lowest BCUT2D eigenvalue weighted by Gasteiger charge is -2.33. The minimum Gasteiger partial charge on any atom is -0.357 e. The predicted molar refractivity (Wildman–Crippen MR) is 148 cm³/mol. The van der Waals surface area contributed by atoms with E-state index in [2.05, 4.69) is 53.6 Å². The van der Waals surface area contributed by atoms with Crippen LogP contribution in [0.4, 0.5) is 0 Å². The zero-order valence-electron chi connectivity index (χ0n) is 20.1. The molecule has 7 heteroatoms. The average molecular weight is 575 g/mol. The molecule has 0 bridgehead atoms. The minimum absolute atomic E-state index is 0. The van der Waals surface area contributed by atoms with E-state index in [0.717, 1.165) is 50.5 Å². The van der Waals surface area contributed by atoms with E-state index in [1.54, 1.807) is 0 Å². The molecule has 1 aliphatic heterocycles. The molecule has 5 nitrogen and oxygen atoms in total. The van der Waals surface area contributed by atoms with Gasteiger partial charge >= 0.3 is 0 Å². The molecule has 1 aromatic carbocycles. The summed E-state index contributed by atoms with van der Waals surface area (Å²) >= 11 is 0. The number of piperidine rings is 1. The highest BCUT2D eigenvalue weighted by molar-refractivity contribution is 14.0. The molecular formula is C25H43IN4OS. The number of nitrogens with zero attached hydrogens (tertiary/aromatic N) is 2. The number of halogens is 1. The van der Waals surface area contributed by atoms with Gasteiger partial charge in [-0.3, -0.25) is 9.11 Å². The van der Waals surface area contributed by atoms with E-state index < -0.39 is 10.8 Å². The topological polar surface area (TPSA) is 56.7 Å². The number of guanidine groups is 1. The van der Waals surface area contributed by atoms with Crippen LogP contribution in [-0.2, 0) is 23.9 Å². The molecule has 1 aromatic rings. The van der Waals surface area contributed by atoms with Gasteiger partial charge in [0.2, 0.25) is 0 Å². The Morgan fingerprint density at radius 2 is 1.91 bits per heavy atom. The van der Waals surface area contributed by atoms with Gasteiger partial charge in [0, 0.05) is 47.0 Å². The van der Waals surface area contributed by atoms with Gasteiger partial charge in [-0.15, -0.1) is 24.0 Å². The van der Waals surface area contributed by atoms with Gasteiger partial charge in [-0.2, -0.15) is 0 Å². The SMILES string of the molecule is CCNC(=NCc1ccccc1CN1CCCCC1C)NC1CCCC(S(=O)CC)C1.I. The van der Waals surface area contributed by atoms with Crippen molar-refractivity contribution in [1.29, 1.82) is 0 Å². The van der Waals surface area contributed by atoms with Crippen LogP contribution in [0.15, 0.2) is 29.3 Å². The smallest absolute Gasteiger partial charge is 0.191 e. The maximum Gasteiger partial charge on any atom is 0.191 e. The maximum atomic E-state index is 12.3. The lowest BCUT2D eigenvalue weighted by molar-refractivity contribution is 0.152. The van der Waals surface area contributed by atoms with E-state index >= 15 is 0 Å². The molecule has 0 spiro atoms. The van der Waals surface area contributed by atoms with Gasteiger partial charge in [0.1, 0.15) is 0 Å². The van der Waals surface area contributed by atoms with Gasteiger partial charge in [0.25, 0.3) is 0 Å². The Morgan fingerprint density at radius 1 is 1.12 bits per heavy atom. The molecule has 182 valence electrons. The van der Waals surface area contributed by atoms with E-state index in [0.29, 0.717) is 23.9 Å². The molecule has 1 saturated carbocycles. The average Bonchev–Trinajstić information content (AvgIpc) is 2.79. The third kappa shape index (κ3) is 8.28. The van der Waals surface area contributed by atoms with Crippen LogP contribution in [-0.4, -0.2) is 51.2 Å². The molecule has 0 radical (unpaired) electrons. The molecular weight excluding hydrogens is 531 g/mol. The molecule has 1 saturated heterocycles. The molecule has 2 N–H and O–H groups in total. The van der Waals surface area contributed by atoms with E-state index in [4.69, 9.17) is 4.99 Å². The van der Waals surface area contributed by atoms with Crippen LogP contribution in [0.5, 0.6) is 0 Å². The summed E-state index contributed by atoms with van der Waals surface area (Å²) < 4.78 is 12.3. The second-order valence-electron chi connectivity index (χ2n) is 9.08. The highest BCUT2D eigenvalue weighted by Crippen LogP contribution is 2.23. The molecule has 1 heterocycles. The van der Waals surface area contributed by atoms with E-state index in [1.807, 2.05) is 6.92 Å². The van der Waals surface area contributed by atoms with Crippen LogP contribution in [0.25, 0.3) is 0 Å². The maximum absolute atomic E-state index is 12.3. The summed E-state index contributed by atoms with van der Waals surface area (Å²) in [6, 6.07) is 9.78. The van der Waals surface area contributed by atoms with Crippen LogP contribution >= 0.6 is 24.0 Å². The van der Waals surface area contributed by atoms with Crippen molar-refractivity contribution in [2.75, 3.05) is 18.8 Å². The first kappa shape index (κ1) is 27.6. The summed E-state index contributed by atoms with van der Waals surface area (Å²) in [4.78, 5) is 7.56. The quantitative estimate of drug-likeness (QED) is 0.266. The van der Waals surface area contributed by atoms with Crippen LogP contribution < -0.4 is 10.6 Å². The van der Waals surface area contributed by atoms with Gasteiger partial charge < -0.3 is 10.6 Å². The Bertz CT molecular complexity index is 744. The Balaban J connectivity index is 0.00000363. The normalized spacial score (nSPS) is 25.6. The van der Waals surface area contributed by atoms with Crippen LogP contribution in [0.3, 0.4) is 0 Å². The fourth-order valence-corrected chi connectivity index (χ4v) is 6.25. The summed E-state index contributed by atoms with van der Waals surface area (Å²) in [5, 5.41) is 7.38. The summed E-state index contributed by atoms with van der Waals surface area (Å²) in [5.74, 6) is 1.65. The van der Waals surface area contributed by atoms with Crippen molar-refractivity contribution in [3.05, 3.63) is 35.4 Å². The van der Waals surface area contributed by atoms with Crippen molar-refractivity contribution >= 4 is 40.7 Å². The number of likely N-dealkylation sites (tertiary alicyclic amines) is 1. The molecule has 0 amide bonds. The van der Waals surface area contributed by atoms with Gasteiger partial charge in [-0.05, 0) is 63.6 Å². The zero-order valence-corrected chi connectivity index (χ0v) is 23.3. The van der Waals surface area contributed by atoms with Crippen LogP contribution in [0, 0.1) is 0 Å². The lowest BCUT2D eigenvalue weighted by Crippen LogP contribution is -2.46. The molecule has 32 heavy (non-hydrogen) atoms. The second-order valence-corrected chi connectivity index (χ2v) is 11.1. The van der Waals surface area contributed by atoms with Crippen LogP contribution in [0.2, 0.25) is 0 Å². The zero-order chi connectivity index (χ0) is 22.1. The van der Waals surface area contributed by atoms with Gasteiger partial charge in [-0.1, -0.05) is 44.0 Å². The summed E-state index contributed by atoms with van der Waals surface area (Å²) in [5.41, 5.74) is 2.71. The monoisotopic (exact) mass is 574 g/mol. The fourth-order valence-electron chi connectivity index (χ4n) is 4.91. The number of benzene rings is 1. The first-order valence-electron chi connectivity index (χ1n) is 12.3. The van der Waals surface area contributed by atoms with Crippen LogP contribution in [0.1, 0.15) is 76.8 Å². The van der Waals surface area contributed by atoms with Gasteiger partial charge in [0.15, 0.2) is 5.96 Å². The Kier molecular flexibility index (Phi) is 12.5. The van der Waals surface area contributed by atoms with Crippen molar-refractivity contribution < 1.29 is 4.21 Å². The molecule has 1 aliphatic carbocycles. The highest BCUT2D eigenvalue weighted by Gasteiger charge is 2.26. The molecule has 2 fully saturated rings. The van der Waals surface area contributed by atoms with Crippen molar-refractivity contribution in [1.82, 2.24) is 15.5 Å². The van der Waals surface area contributed by atoms with E-state index in [9.17, 15) is 4.21 Å². The number of aliphatic imine (C=N–C) groups is 1. The van der Waals surface area contributed by atoms with E-state index in [1.165, 1.54) is 36.9 Å². The van der Waals surface area contributed by atoms with Crippen molar-refractivity contribution in [2.24, 2.45) is 4.99 Å². The fraction of sp³-hybridized carbons (Fsp3) is 0.720. The number of hydrogen-bond donors (Lipinski definition) is 2. The number of rotatable bonds is 8. The molecule has 4 unspecified atom stereocenters. The minimum atomic E-state index is -0.701. The van der Waals surface area contributed by atoms with Gasteiger partial charge in [-0.25, -0.2) is 4.99 Å². The summed E-state index contributed by atoms with van der Waals surface area (Å²) in [7, 11) is -0.701. The lowest BCUT2D eigenvalue weighted by atomic mass is 9.95. The molecule has 2 aliphatic rings. The third-order valence-corrected chi connectivity index (χ3v) is 8.55. The predicted octanol–water partition coefficient (Wildman–Crippen LogP) is 4.81. The molecule has 0 aromatic heterocycles. The van der Waals surface area contributed by atoms with E-state index in [-0.39, 0.29) is 24.0 Å². The first-order chi connectivity index (χ1) is 15.1. The van der Waals surface area contributed by atoms with Crippen molar-refractivity contribution in [3.8, 4) is 0 Å². The third-order valence-electron chi connectivity index (χ3n) is 6.81. The highest BCUT2D eigenvalue weighted by atomic mass is 127. The molecule has 4 atom stereocenters. The number of nitrogens with one attached hydrogen (secondary N) is 2. The summed E-state index contributed by atoms with van der Waals surface area (Å²) in [6.45, 7) is 10.2. The standard InChI is InChI=1S/C25H42N4OS.HI/c1-4-26-25(28-23-14-10-15-24(17-23)31(30)5-2)27-18-21-12-6-7-13-22(21)19-29-16-9-8-11-20(29)3;/h6-7,12-13,20,23-24H,4-5,8-11,14-19H2,1-3H3,(H2,26,27,28);1H. The Labute approximate surface area is 215 Å². The van der Waals surface area contributed by atoms with Gasteiger partial charge in [0.05, 0.1) is 6.54 Å². The first-order valence-corrected chi connectivity index (χ1v) is 13.7.